The summed E-state index contributed by atoms with van der Waals surface area (Å²) in [6, 6.07) is 0. The fourth-order valence-electron chi connectivity index (χ4n) is 13.4. The first-order chi connectivity index (χ1) is 22.6. The van der Waals surface area contributed by atoms with Gasteiger partial charge in [-0.25, -0.2) is 0 Å². The maximum absolute atomic E-state index is 8.16. The molecule has 242 valence electrons. The van der Waals surface area contributed by atoms with Gasteiger partial charge >= 0.3 is 0 Å². The van der Waals surface area contributed by atoms with Crippen LogP contribution in [0.3, 0.4) is 0 Å². The fourth-order valence-corrected chi connectivity index (χ4v) is 37.3. The van der Waals surface area contributed by atoms with Gasteiger partial charge in [0.05, 0.1) is 170 Å². The highest BCUT2D eigenvalue weighted by molar-refractivity contribution is 7.67. The van der Waals surface area contributed by atoms with E-state index in [0.29, 0.717) is 39.0 Å². The lowest BCUT2D eigenvalue weighted by molar-refractivity contribution is 0.537. The Kier molecular flexibility index (Phi) is 22.7. The minimum Gasteiger partial charge on any atom is -0.458 e. The van der Waals surface area contributed by atoms with E-state index in [2.05, 4.69) is 175 Å². The molecule has 0 bridgehead atoms. The highest BCUT2D eigenvalue weighted by Crippen LogP contribution is 2.50. The summed E-state index contributed by atoms with van der Waals surface area (Å²) >= 11 is 0. The van der Waals surface area contributed by atoms with Gasteiger partial charge in [-0.15, -0.1) is 15.1 Å². The molecule has 0 heterocycles. The van der Waals surface area contributed by atoms with Crippen LogP contribution in [0.1, 0.15) is 0 Å². The molecule has 0 aliphatic heterocycles. The molecule has 36 heteroatoms. The van der Waals surface area contributed by atoms with Gasteiger partial charge in [-0.3, -0.25) is 0 Å². The average molecular weight is 705 g/mol. The van der Waals surface area contributed by atoms with Crippen molar-refractivity contribution in [2.75, 3.05) is 0 Å². The van der Waals surface area contributed by atoms with Crippen molar-refractivity contribution in [1.82, 2.24) is 0 Å². The SMILES string of the molecule is BBB(B)C(B(B)B)B(B)BC[Si](C)(C)O[Si](C)(C)CBB(B)C(B(B)B)(B(B)BB)[Si](C)(C)O[Si](C)(C)C(B(B)B)(B(B)BB)B(B)BC. The molecular formula is C14H68B30O2Si4. The van der Waals surface area contributed by atoms with Crippen LogP contribution >= 0.6 is 0 Å². The summed E-state index contributed by atoms with van der Waals surface area (Å²) in [5.41, 5.74) is 0.810. The maximum atomic E-state index is 8.16. The third-order valence-corrected chi connectivity index (χ3v) is 34.1. The monoisotopic (exact) mass is 711 g/mol. The van der Waals surface area contributed by atoms with Gasteiger partial charge in [0.2, 0.25) is 0 Å². The summed E-state index contributed by atoms with van der Waals surface area (Å²) in [5, 5.41) is 0. The molecule has 2 nitrogen and oxygen atoms in total. The van der Waals surface area contributed by atoms with E-state index in [-0.39, 0.29) is 9.47 Å². The lowest BCUT2D eigenvalue weighted by Crippen LogP contribution is -2.78. The van der Waals surface area contributed by atoms with E-state index in [0.717, 1.165) is 25.1 Å². The summed E-state index contributed by atoms with van der Waals surface area (Å²) in [6.07, 6.45) is 0. The van der Waals surface area contributed by atoms with E-state index in [1.807, 2.05) is 0 Å². The average Bonchev–Trinajstić information content (AvgIpc) is 2.97. The van der Waals surface area contributed by atoms with Crippen LogP contribution in [0, 0.1) is 0 Å². The Labute approximate surface area is 342 Å². The fraction of sp³-hybridized carbons (Fsp3) is 1.00. The molecule has 3 unspecified atom stereocenters. The van der Waals surface area contributed by atoms with Crippen LogP contribution in [0.25, 0.3) is 0 Å². The van der Waals surface area contributed by atoms with E-state index >= 15 is 0 Å². The zero-order valence-corrected chi connectivity index (χ0v) is 43.2. The van der Waals surface area contributed by atoms with Crippen molar-refractivity contribution in [3.05, 3.63) is 0 Å². The second-order valence-electron chi connectivity index (χ2n) is 21.0. The Morgan fingerprint density at radius 2 is 0.900 bits per heavy atom. The van der Waals surface area contributed by atoms with Crippen LogP contribution in [0.5, 0.6) is 0 Å². The van der Waals surface area contributed by atoms with Crippen molar-refractivity contribution in [1.29, 1.82) is 0 Å². The van der Waals surface area contributed by atoms with Crippen molar-refractivity contribution >= 4 is 250 Å². The van der Waals surface area contributed by atoms with E-state index in [1.54, 1.807) is 0 Å². The third kappa shape index (κ3) is 12.4. The molecule has 0 aromatic heterocycles. The van der Waals surface area contributed by atoms with Crippen LogP contribution in [-0.2, 0) is 8.23 Å². The van der Waals surface area contributed by atoms with Crippen LogP contribution in [-0.4, -0.2) is 250 Å². The van der Waals surface area contributed by atoms with Gasteiger partial charge in [-0.05, 0) is 52.4 Å². The molecule has 0 rings (SSSR count). The Morgan fingerprint density at radius 1 is 0.520 bits per heavy atom. The first-order valence-corrected chi connectivity index (χ1v) is 34.0. The van der Waals surface area contributed by atoms with Gasteiger partial charge in [0.1, 0.15) is 0 Å². The van der Waals surface area contributed by atoms with Gasteiger partial charge in [-0.1, -0.05) is 18.7 Å². The zero-order chi connectivity index (χ0) is 39.8. The molecule has 0 aromatic carbocycles. The van der Waals surface area contributed by atoms with Crippen LogP contribution in [0.2, 0.25) is 86.2 Å². The Bertz CT molecular complexity index is 987. The molecule has 0 N–H and O–H groups in total. The van der Waals surface area contributed by atoms with E-state index in [1.165, 1.54) is 54.6 Å². The topological polar surface area (TPSA) is 18.5 Å². The lowest BCUT2D eigenvalue weighted by atomic mass is 8.79. The lowest BCUT2D eigenvalue weighted by Gasteiger charge is -2.62. The molecule has 0 saturated carbocycles. The standard InChI is InChI=1S/C14H68B30O2Si4/c1-30-41(26)13(39(22)23,43(28)34-16)49(6,7)46-50(8,9)14(40(24)25,44(29)35-17)42(27)32-11-48(4,5)45-47(2,3)10-31-37(20)12(36(18)19)38(21)33-15/h12,30-35H,10-11,15-29H2,1-9H3. The normalized spacial score (nSPS) is 15.1. The van der Waals surface area contributed by atoms with Gasteiger partial charge in [0, 0.05) is 47.2 Å². The summed E-state index contributed by atoms with van der Waals surface area (Å²) in [5.74, 6) is 2.55. The summed E-state index contributed by atoms with van der Waals surface area (Å²) in [7, 11) is 37.1. The third-order valence-electron chi connectivity index (χ3n) is 15.3. The summed E-state index contributed by atoms with van der Waals surface area (Å²) in [6.45, 7) is 29.2. The predicted molar refractivity (Wildman–Crippen MR) is 320 cm³/mol. The van der Waals surface area contributed by atoms with Crippen molar-refractivity contribution < 1.29 is 8.23 Å². The molecule has 0 radical (unpaired) electrons. The summed E-state index contributed by atoms with van der Waals surface area (Å²) < 4.78 is 16.0. The molecule has 0 aliphatic rings. The quantitative estimate of drug-likeness (QED) is 0.0881. The van der Waals surface area contributed by atoms with Crippen molar-refractivity contribution in [2.45, 2.75) is 86.2 Å². The molecule has 0 fully saturated rings. The van der Waals surface area contributed by atoms with Crippen LogP contribution in [0.4, 0.5) is 0 Å². The highest BCUT2D eigenvalue weighted by Gasteiger charge is 2.62. The molecule has 0 amide bonds. The smallest absolute Gasteiger partial charge is 0.165 e. The van der Waals surface area contributed by atoms with Gasteiger partial charge < -0.3 is 8.23 Å². The predicted octanol–water partition coefficient (Wildman–Crippen LogP) is -15.8. The van der Waals surface area contributed by atoms with Crippen molar-refractivity contribution in [3.63, 3.8) is 0 Å². The number of hydrogen-bond donors (Lipinski definition) is 0. The Morgan fingerprint density at radius 3 is 1.22 bits per heavy atom. The largest absolute Gasteiger partial charge is 0.458 e. The minimum atomic E-state index is -2.26. The van der Waals surface area contributed by atoms with Gasteiger partial charge in [0.25, 0.3) is 0 Å². The molecule has 3 atom stereocenters. The molecule has 50 heavy (non-hydrogen) atoms. The second kappa shape index (κ2) is 21.5. The maximum Gasteiger partial charge on any atom is 0.165 e. The molecule has 0 spiro atoms. The molecule has 0 saturated heterocycles. The molecule has 0 aromatic rings. The highest BCUT2D eigenvalue weighted by atomic mass is 28.4. The van der Waals surface area contributed by atoms with Gasteiger partial charge in [-0.2, -0.15) is 0 Å². The van der Waals surface area contributed by atoms with Crippen molar-refractivity contribution in [3.8, 4) is 0 Å². The zero-order valence-electron chi connectivity index (χ0n) is 39.2. The second-order valence-corrected chi connectivity index (χ2v) is 38.5. The summed E-state index contributed by atoms with van der Waals surface area (Å²) in [4.78, 5) is 0. The van der Waals surface area contributed by atoms with Crippen LogP contribution < -0.4 is 0 Å². The number of rotatable bonds is 25. The first kappa shape index (κ1) is 52.7. The molecule has 0 aliphatic carbocycles. The van der Waals surface area contributed by atoms with E-state index in [4.69, 9.17) is 8.23 Å². The Balaban J connectivity index is 6.56. The van der Waals surface area contributed by atoms with E-state index in [9.17, 15) is 0 Å². The first-order valence-electron chi connectivity index (χ1n) is 22.0. The minimum absolute atomic E-state index is 0.203. The molecular weight excluding hydrogens is 637 g/mol. The van der Waals surface area contributed by atoms with Gasteiger partial charge in [0.15, 0.2) is 33.3 Å². The Hall–Kier alpha value is 2.74. The van der Waals surface area contributed by atoms with E-state index < -0.39 is 33.3 Å². The van der Waals surface area contributed by atoms with Crippen LogP contribution in [0.15, 0.2) is 0 Å². The number of hydrogen-bond acceptors (Lipinski definition) is 2. The van der Waals surface area contributed by atoms with Crippen molar-refractivity contribution in [2.24, 2.45) is 0 Å².